The predicted molar refractivity (Wildman–Crippen MR) is 111 cm³/mol. The Hall–Kier alpha value is -3.13. The van der Waals surface area contributed by atoms with E-state index >= 15 is 0 Å². The molecule has 1 aromatic heterocycles. The standard InChI is InChI=1S/C21H23N3O4S/c1-5-28-21(25)17-7-6-8-18(13-17)23-29(26,27)20-15(3)22-24(16(20)4)19-11-9-14(2)10-12-19/h6-13,23H,5H2,1-4H3. The Labute approximate surface area is 170 Å². The first-order valence-corrected chi connectivity index (χ1v) is 10.6. The Balaban J connectivity index is 1.95. The molecule has 2 aromatic carbocycles. The third-order valence-electron chi connectivity index (χ3n) is 4.40. The van der Waals surface area contributed by atoms with Crippen LogP contribution in [0.4, 0.5) is 5.69 Å². The fourth-order valence-electron chi connectivity index (χ4n) is 3.08. The van der Waals surface area contributed by atoms with E-state index in [1.54, 1.807) is 43.7 Å². The highest BCUT2D eigenvalue weighted by Gasteiger charge is 2.25. The molecule has 0 amide bonds. The molecule has 0 aliphatic rings. The molecule has 0 unspecified atom stereocenters. The second kappa shape index (κ2) is 8.08. The first-order chi connectivity index (χ1) is 13.7. The fourth-order valence-corrected chi connectivity index (χ4v) is 4.53. The van der Waals surface area contributed by atoms with Crippen molar-refractivity contribution < 1.29 is 17.9 Å². The SMILES string of the molecule is CCOC(=O)c1cccc(NS(=O)(=O)c2c(C)nn(-c3ccc(C)cc3)c2C)c1. The van der Waals surface area contributed by atoms with Crippen LogP contribution in [0.2, 0.25) is 0 Å². The third-order valence-corrected chi connectivity index (χ3v) is 6.03. The molecule has 0 saturated carbocycles. The number of nitrogens with zero attached hydrogens (tertiary/aromatic N) is 2. The summed E-state index contributed by atoms with van der Waals surface area (Å²) in [6.45, 7) is 7.30. The second-order valence-corrected chi connectivity index (χ2v) is 8.27. The lowest BCUT2D eigenvalue weighted by molar-refractivity contribution is 0.0526. The molecule has 0 aliphatic heterocycles. The number of carbonyl (C=O) groups is 1. The maximum atomic E-state index is 13.1. The summed E-state index contributed by atoms with van der Waals surface area (Å²) in [7, 11) is -3.91. The van der Waals surface area contributed by atoms with Crippen LogP contribution in [0.1, 0.15) is 34.2 Å². The van der Waals surface area contributed by atoms with E-state index in [9.17, 15) is 13.2 Å². The van der Waals surface area contributed by atoms with Gasteiger partial charge >= 0.3 is 5.97 Å². The minimum absolute atomic E-state index is 0.111. The van der Waals surface area contributed by atoms with Gasteiger partial charge in [-0.05, 0) is 58.0 Å². The minimum Gasteiger partial charge on any atom is -0.462 e. The zero-order valence-electron chi connectivity index (χ0n) is 16.8. The molecule has 3 rings (SSSR count). The number of hydrogen-bond donors (Lipinski definition) is 1. The number of rotatable bonds is 6. The predicted octanol–water partition coefficient (Wildman–Crippen LogP) is 3.78. The van der Waals surface area contributed by atoms with Crippen molar-refractivity contribution in [3.8, 4) is 5.69 Å². The molecule has 1 heterocycles. The number of hydrogen-bond acceptors (Lipinski definition) is 5. The molecule has 7 nitrogen and oxygen atoms in total. The van der Waals surface area contributed by atoms with Crippen molar-refractivity contribution in [2.75, 3.05) is 11.3 Å². The van der Waals surface area contributed by atoms with Crippen molar-refractivity contribution in [3.05, 3.63) is 71.0 Å². The Morgan fingerprint density at radius 2 is 1.79 bits per heavy atom. The molecule has 0 fully saturated rings. The number of anilines is 1. The Kier molecular flexibility index (Phi) is 5.74. The fraction of sp³-hybridized carbons (Fsp3) is 0.238. The van der Waals surface area contributed by atoms with Crippen LogP contribution in [-0.2, 0) is 14.8 Å². The first kappa shape index (κ1) is 20.6. The summed E-state index contributed by atoms with van der Waals surface area (Å²) in [6, 6.07) is 13.9. The second-order valence-electron chi connectivity index (χ2n) is 6.65. The summed E-state index contributed by atoms with van der Waals surface area (Å²) < 4.78 is 35.3. The first-order valence-electron chi connectivity index (χ1n) is 9.16. The Morgan fingerprint density at radius 3 is 2.45 bits per heavy atom. The maximum absolute atomic E-state index is 13.1. The van der Waals surface area contributed by atoms with Gasteiger partial charge in [-0.2, -0.15) is 5.10 Å². The molecule has 8 heteroatoms. The molecular formula is C21H23N3O4S. The molecule has 0 saturated heterocycles. The molecule has 0 aliphatic carbocycles. The Bertz CT molecular complexity index is 1150. The largest absolute Gasteiger partial charge is 0.462 e. The molecule has 0 radical (unpaired) electrons. The number of carbonyl (C=O) groups excluding carboxylic acids is 1. The van der Waals surface area contributed by atoms with E-state index in [2.05, 4.69) is 9.82 Å². The lowest BCUT2D eigenvalue weighted by Crippen LogP contribution is -2.15. The molecule has 0 atom stereocenters. The molecular weight excluding hydrogens is 390 g/mol. The summed E-state index contributed by atoms with van der Waals surface area (Å²) in [6.07, 6.45) is 0. The van der Waals surface area contributed by atoms with E-state index in [1.165, 1.54) is 6.07 Å². The smallest absolute Gasteiger partial charge is 0.338 e. The van der Waals surface area contributed by atoms with Gasteiger partial charge in [-0.15, -0.1) is 0 Å². The van der Waals surface area contributed by atoms with Crippen LogP contribution < -0.4 is 4.72 Å². The number of nitrogens with one attached hydrogen (secondary N) is 1. The van der Waals surface area contributed by atoms with E-state index in [-0.39, 0.29) is 22.8 Å². The highest BCUT2D eigenvalue weighted by atomic mass is 32.2. The minimum atomic E-state index is -3.91. The molecule has 1 N–H and O–H groups in total. The number of sulfonamides is 1. The molecule has 152 valence electrons. The van der Waals surface area contributed by atoms with Gasteiger partial charge < -0.3 is 4.74 Å². The van der Waals surface area contributed by atoms with Gasteiger partial charge in [0, 0.05) is 5.69 Å². The van der Waals surface area contributed by atoms with E-state index < -0.39 is 16.0 Å². The number of esters is 1. The maximum Gasteiger partial charge on any atom is 0.338 e. The van der Waals surface area contributed by atoms with Gasteiger partial charge in [0.25, 0.3) is 10.0 Å². The molecule has 0 bridgehead atoms. The van der Waals surface area contributed by atoms with Gasteiger partial charge in [0.05, 0.1) is 29.2 Å². The quantitative estimate of drug-likeness (QED) is 0.621. The number of ether oxygens (including phenoxy) is 1. The van der Waals surface area contributed by atoms with Crippen molar-refractivity contribution in [1.29, 1.82) is 0 Å². The van der Waals surface area contributed by atoms with Gasteiger partial charge in [0.2, 0.25) is 0 Å². The lowest BCUT2D eigenvalue weighted by atomic mass is 10.2. The third kappa shape index (κ3) is 4.32. The molecule has 29 heavy (non-hydrogen) atoms. The van der Waals surface area contributed by atoms with Crippen LogP contribution in [0, 0.1) is 20.8 Å². The van der Waals surface area contributed by atoms with Crippen LogP contribution in [0.3, 0.4) is 0 Å². The summed E-state index contributed by atoms with van der Waals surface area (Å²) >= 11 is 0. The van der Waals surface area contributed by atoms with E-state index in [1.807, 2.05) is 31.2 Å². The van der Waals surface area contributed by atoms with Gasteiger partial charge in [-0.3, -0.25) is 4.72 Å². The van der Waals surface area contributed by atoms with Crippen molar-refractivity contribution in [1.82, 2.24) is 9.78 Å². The van der Waals surface area contributed by atoms with Crippen molar-refractivity contribution in [2.24, 2.45) is 0 Å². The zero-order chi connectivity index (χ0) is 21.2. The Morgan fingerprint density at radius 1 is 1.10 bits per heavy atom. The zero-order valence-corrected chi connectivity index (χ0v) is 17.6. The summed E-state index contributed by atoms with van der Waals surface area (Å²) in [4.78, 5) is 12.0. The summed E-state index contributed by atoms with van der Waals surface area (Å²) in [5, 5.41) is 4.41. The van der Waals surface area contributed by atoms with Gasteiger partial charge in [-0.25, -0.2) is 17.9 Å². The average Bonchev–Trinajstić information content (AvgIpc) is 2.97. The number of benzene rings is 2. The molecule has 3 aromatic rings. The number of aromatic nitrogens is 2. The van der Waals surface area contributed by atoms with Crippen LogP contribution in [-0.4, -0.2) is 30.8 Å². The average molecular weight is 413 g/mol. The van der Waals surface area contributed by atoms with Crippen molar-refractivity contribution in [3.63, 3.8) is 0 Å². The normalized spacial score (nSPS) is 11.3. The van der Waals surface area contributed by atoms with Crippen LogP contribution in [0.15, 0.2) is 53.4 Å². The highest BCUT2D eigenvalue weighted by Crippen LogP contribution is 2.25. The van der Waals surface area contributed by atoms with Crippen molar-refractivity contribution >= 4 is 21.7 Å². The van der Waals surface area contributed by atoms with E-state index in [0.717, 1.165) is 11.3 Å². The lowest BCUT2D eigenvalue weighted by Gasteiger charge is -2.10. The topological polar surface area (TPSA) is 90.3 Å². The van der Waals surface area contributed by atoms with Gasteiger partial charge in [-0.1, -0.05) is 23.8 Å². The summed E-state index contributed by atoms with van der Waals surface area (Å²) in [5.74, 6) is -0.506. The monoisotopic (exact) mass is 413 g/mol. The molecule has 0 spiro atoms. The van der Waals surface area contributed by atoms with Gasteiger partial charge in [0.1, 0.15) is 4.90 Å². The van der Waals surface area contributed by atoms with Crippen LogP contribution in [0.5, 0.6) is 0 Å². The van der Waals surface area contributed by atoms with Crippen LogP contribution >= 0.6 is 0 Å². The number of aryl methyl sites for hydroxylation is 2. The van der Waals surface area contributed by atoms with Crippen molar-refractivity contribution in [2.45, 2.75) is 32.6 Å². The van der Waals surface area contributed by atoms with E-state index in [0.29, 0.717) is 11.4 Å². The highest BCUT2D eigenvalue weighted by molar-refractivity contribution is 7.92. The summed E-state index contributed by atoms with van der Waals surface area (Å²) in [5.41, 5.74) is 3.32. The van der Waals surface area contributed by atoms with Gasteiger partial charge in [0.15, 0.2) is 0 Å². The van der Waals surface area contributed by atoms with Crippen LogP contribution in [0.25, 0.3) is 5.69 Å². The van der Waals surface area contributed by atoms with E-state index in [4.69, 9.17) is 4.74 Å².